The van der Waals surface area contributed by atoms with Gasteiger partial charge in [-0.3, -0.25) is 4.99 Å². The minimum Gasteiger partial charge on any atom is -0.385 e. The van der Waals surface area contributed by atoms with Crippen LogP contribution < -0.4 is 10.6 Å². The van der Waals surface area contributed by atoms with Crippen molar-refractivity contribution in [1.82, 2.24) is 10.6 Å². The van der Waals surface area contributed by atoms with E-state index < -0.39 is 0 Å². The third kappa shape index (κ3) is 12.3. The van der Waals surface area contributed by atoms with Crippen LogP contribution in [0.1, 0.15) is 59.8 Å². The van der Waals surface area contributed by atoms with Gasteiger partial charge in [-0.1, -0.05) is 20.8 Å². The van der Waals surface area contributed by atoms with Crippen molar-refractivity contribution in [1.29, 1.82) is 0 Å². The van der Waals surface area contributed by atoms with Gasteiger partial charge in [0.2, 0.25) is 0 Å². The van der Waals surface area contributed by atoms with Crippen LogP contribution >= 0.6 is 0 Å². The summed E-state index contributed by atoms with van der Waals surface area (Å²) in [6.07, 6.45) is 5.86. The number of hydrogen-bond donors (Lipinski definition) is 2. The number of ether oxygens (including phenoxy) is 1. The molecule has 0 amide bonds. The Morgan fingerprint density at radius 2 is 1.90 bits per heavy atom. The predicted molar refractivity (Wildman–Crippen MR) is 88.4 cm³/mol. The quantitative estimate of drug-likeness (QED) is 0.388. The number of unbranched alkanes of at least 4 members (excludes halogenated alkanes) is 2. The van der Waals surface area contributed by atoms with Crippen LogP contribution in [-0.4, -0.2) is 39.3 Å². The van der Waals surface area contributed by atoms with Crippen molar-refractivity contribution in [2.75, 3.05) is 27.3 Å². The van der Waals surface area contributed by atoms with Crippen molar-refractivity contribution in [2.45, 2.75) is 65.8 Å². The lowest BCUT2D eigenvalue weighted by Crippen LogP contribution is -2.42. The zero-order valence-corrected chi connectivity index (χ0v) is 14.4. The van der Waals surface area contributed by atoms with E-state index in [1.165, 1.54) is 12.8 Å². The largest absolute Gasteiger partial charge is 0.385 e. The maximum atomic E-state index is 5.04. The Bertz CT molecular complexity index is 259. The lowest BCUT2D eigenvalue weighted by Gasteiger charge is -2.23. The van der Waals surface area contributed by atoms with Gasteiger partial charge >= 0.3 is 0 Å². The molecule has 0 aromatic carbocycles. The minimum atomic E-state index is 0.397. The highest BCUT2D eigenvalue weighted by molar-refractivity contribution is 5.79. The minimum absolute atomic E-state index is 0.397. The zero-order valence-electron chi connectivity index (χ0n) is 14.4. The Kier molecular flexibility index (Phi) is 10.5. The first-order valence-corrected chi connectivity index (χ1v) is 7.85. The van der Waals surface area contributed by atoms with Gasteiger partial charge in [-0.25, -0.2) is 0 Å². The second-order valence-corrected chi connectivity index (χ2v) is 6.70. The van der Waals surface area contributed by atoms with Crippen LogP contribution in [0.3, 0.4) is 0 Å². The monoisotopic (exact) mass is 285 g/mol. The van der Waals surface area contributed by atoms with Crippen molar-refractivity contribution in [3.8, 4) is 0 Å². The van der Waals surface area contributed by atoms with E-state index in [2.05, 4.69) is 43.3 Å². The highest BCUT2D eigenvalue weighted by Gasteiger charge is 2.13. The van der Waals surface area contributed by atoms with Gasteiger partial charge in [0.15, 0.2) is 5.96 Å². The van der Waals surface area contributed by atoms with Gasteiger partial charge in [0.25, 0.3) is 0 Å². The van der Waals surface area contributed by atoms with Crippen LogP contribution in [-0.2, 0) is 4.74 Å². The first kappa shape index (κ1) is 19.2. The van der Waals surface area contributed by atoms with Crippen LogP contribution in [0.25, 0.3) is 0 Å². The predicted octanol–water partition coefficient (Wildman–Crippen LogP) is 3.18. The third-order valence-electron chi connectivity index (χ3n) is 3.25. The summed E-state index contributed by atoms with van der Waals surface area (Å²) in [6, 6.07) is 0.453. The Morgan fingerprint density at radius 1 is 1.20 bits per heavy atom. The summed E-state index contributed by atoms with van der Waals surface area (Å²) in [7, 11) is 3.58. The zero-order chi connectivity index (χ0) is 15.4. The van der Waals surface area contributed by atoms with E-state index in [0.29, 0.717) is 11.5 Å². The molecule has 0 aromatic heterocycles. The van der Waals surface area contributed by atoms with E-state index in [1.54, 1.807) is 7.11 Å². The highest BCUT2D eigenvalue weighted by atomic mass is 16.5. The average Bonchev–Trinajstić information content (AvgIpc) is 2.38. The number of guanidine groups is 1. The van der Waals surface area contributed by atoms with Crippen LogP contribution in [0.5, 0.6) is 0 Å². The second kappa shape index (κ2) is 11.0. The molecular formula is C16H35N3O. The first-order chi connectivity index (χ1) is 9.39. The van der Waals surface area contributed by atoms with Crippen molar-refractivity contribution >= 4 is 5.96 Å². The topological polar surface area (TPSA) is 45.7 Å². The summed E-state index contributed by atoms with van der Waals surface area (Å²) < 4.78 is 5.04. The van der Waals surface area contributed by atoms with E-state index >= 15 is 0 Å². The molecule has 1 unspecified atom stereocenters. The maximum Gasteiger partial charge on any atom is 0.191 e. The summed E-state index contributed by atoms with van der Waals surface area (Å²) in [5.41, 5.74) is 0.397. The van der Waals surface area contributed by atoms with Crippen LogP contribution in [0.2, 0.25) is 0 Å². The number of hydrogen-bond acceptors (Lipinski definition) is 2. The Labute approximate surface area is 125 Å². The van der Waals surface area contributed by atoms with Crippen LogP contribution in [0.15, 0.2) is 4.99 Å². The number of rotatable bonds is 9. The molecule has 0 aliphatic carbocycles. The molecule has 0 radical (unpaired) electrons. The lowest BCUT2D eigenvalue weighted by atomic mass is 9.89. The summed E-state index contributed by atoms with van der Waals surface area (Å²) >= 11 is 0. The molecule has 0 saturated carbocycles. The van der Waals surface area contributed by atoms with E-state index in [4.69, 9.17) is 4.74 Å². The van der Waals surface area contributed by atoms with Crippen LogP contribution in [0, 0.1) is 5.41 Å². The van der Waals surface area contributed by atoms with Gasteiger partial charge in [0.1, 0.15) is 0 Å². The molecule has 0 fully saturated rings. The molecule has 2 N–H and O–H groups in total. The SMILES string of the molecule is CN=C(NCCCCCOC)NC(C)CCC(C)(C)C. The van der Waals surface area contributed by atoms with Crippen LogP contribution in [0.4, 0.5) is 0 Å². The fourth-order valence-electron chi connectivity index (χ4n) is 1.90. The van der Waals surface area contributed by atoms with Crippen molar-refractivity contribution < 1.29 is 4.74 Å². The summed E-state index contributed by atoms with van der Waals surface area (Å²) in [5, 5.41) is 6.83. The molecule has 0 spiro atoms. The fraction of sp³-hybridized carbons (Fsp3) is 0.938. The van der Waals surface area contributed by atoms with E-state index in [1.807, 2.05) is 7.05 Å². The smallest absolute Gasteiger partial charge is 0.191 e. The molecule has 4 nitrogen and oxygen atoms in total. The molecule has 120 valence electrons. The molecule has 0 saturated heterocycles. The van der Waals surface area contributed by atoms with Gasteiger partial charge in [-0.15, -0.1) is 0 Å². The van der Waals surface area contributed by atoms with Crippen molar-refractivity contribution in [2.24, 2.45) is 10.4 Å². The Balaban J connectivity index is 3.75. The molecule has 0 aromatic rings. The first-order valence-electron chi connectivity index (χ1n) is 7.85. The molecule has 0 aliphatic heterocycles. The number of nitrogens with zero attached hydrogens (tertiary/aromatic N) is 1. The molecule has 0 rings (SSSR count). The molecule has 20 heavy (non-hydrogen) atoms. The number of nitrogens with one attached hydrogen (secondary N) is 2. The lowest BCUT2D eigenvalue weighted by molar-refractivity contribution is 0.192. The van der Waals surface area contributed by atoms with E-state index in [0.717, 1.165) is 38.4 Å². The normalized spacial score (nSPS) is 14.2. The second-order valence-electron chi connectivity index (χ2n) is 6.70. The number of methoxy groups -OCH3 is 1. The van der Waals surface area contributed by atoms with Gasteiger partial charge in [-0.05, 0) is 44.4 Å². The number of aliphatic imine (C=N–C) groups is 1. The van der Waals surface area contributed by atoms with Crippen molar-refractivity contribution in [3.05, 3.63) is 0 Å². The molecule has 0 aliphatic rings. The summed E-state index contributed by atoms with van der Waals surface area (Å²) in [6.45, 7) is 10.9. The van der Waals surface area contributed by atoms with Gasteiger partial charge in [-0.2, -0.15) is 0 Å². The standard InChI is InChI=1S/C16H35N3O/c1-14(10-11-16(2,3)4)19-15(17-5)18-12-8-7-9-13-20-6/h14H,7-13H2,1-6H3,(H2,17,18,19). The Morgan fingerprint density at radius 3 is 2.45 bits per heavy atom. The van der Waals surface area contributed by atoms with Crippen molar-refractivity contribution in [3.63, 3.8) is 0 Å². The van der Waals surface area contributed by atoms with Gasteiger partial charge in [0, 0.05) is 33.4 Å². The Hall–Kier alpha value is -0.770. The molecule has 0 heterocycles. The maximum absolute atomic E-state index is 5.04. The van der Waals surface area contributed by atoms with Gasteiger partial charge < -0.3 is 15.4 Å². The molecule has 0 bridgehead atoms. The van der Waals surface area contributed by atoms with E-state index in [-0.39, 0.29) is 0 Å². The summed E-state index contributed by atoms with van der Waals surface area (Å²) in [4.78, 5) is 4.28. The highest BCUT2D eigenvalue weighted by Crippen LogP contribution is 2.21. The fourth-order valence-corrected chi connectivity index (χ4v) is 1.90. The van der Waals surface area contributed by atoms with Gasteiger partial charge in [0.05, 0.1) is 0 Å². The molecule has 1 atom stereocenters. The average molecular weight is 285 g/mol. The summed E-state index contributed by atoms with van der Waals surface area (Å²) in [5.74, 6) is 0.915. The molecule has 4 heteroatoms. The van der Waals surface area contributed by atoms with E-state index in [9.17, 15) is 0 Å². The third-order valence-corrected chi connectivity index (χ3v) is 3.25. The molecular weight excluding hydrogens is 250 g/mol.